The van der Waals surface area contributed by atoms with Gasteiger partial charge in [0.25, 0.3) is 0 Å². The molecule has 2 aromatic carbocycles. The van der Waals surface area contributed by atoms with Gasteiger partial charge in [0.2, 0.25) is 10.0 Å². The lowest BCUT2D eigenvalue weighted by atomic mass is 10.1. The van der Waals surface area contributed by atoms with E-state index < -0.39 is 27.7 Å². The fourth-order valence-electron chi connectivity index (χ4n) is 2.11. The molecule has 0 aliphatic rings. The first-order valence-electron chi connectivity index (χ1n) is 6.76. The summed E-state index contributed by atoms with van der Waals surface area (Å²) in [5.74, 6) is -2.08. The zero-order chi connectivity index (χ0) is 16.3. The van der Waals surface area contributed by atoms with Crippen LogP contribution in [0.25, 0.3) is 0 Å². The van der Waals surface area contributed by atoms with Gasteiger partial charge in [0.15, 0.2) is 11.6 Å². The maximum atomic E-state index is 13.3. The van der Waals surface area contributed by atoms with E-state index in [-0.39, 0.29) is 5.75 Å². The van der Waals surface area contributed by atoms with Crippen molar-refractivity contribution in [2.75, 3.05) is 7.05 Å². The first kappa shape index (κ1) is 16.6. The molecule has 2 rings (SSSR count). The maximum Gasteiger partial charge on any atom is 0.218 e. The highest BCUT2D eigenvalue weighted by molar-refractivity contribution is 7.88. The van der Waals surface area contributed by atoms with Crippen molar-refractivity contribution in [3.05, 3.63) is 71.3 Å². The van der Waals surface area contributed by atoms with E-state index in [9.17, 15) is 17.2 Å². The zero-order valence-electron chi connectivity index (χ0n) is 12.3. The van der Waals surface area contributed by atoms with E-state index >= 15 is 0 Å². The molecule has 0 bridgehead atoms. The largest absolute Gasteiger partial charge is 0.218 e. The number of sulfonamides is 1. The molecule has 0 radical (unpaired) electrons. The van der Waals surface area contributed by atoms with Gasteiger partial charge in [-0.05, 0) is 30.2 Å². The fraction of sp³-hybridized carbons (Fsp3) is 0.250. The quantitative estimate of drug-likeness (QED) is 0.844. The van der Waals surface area contributed by atoms with Crippen LogP contribution < -0.4 is 0 Å². The predicted molar refractivity (Wildman–Crippen MR) is 81.6 cm³/mol. The van der Waals surface area contributed by atoms with Gasteiger partial charge in [-0.1, -0.05) is 36.4 Å². The van der Waals surface area contributed by atoms with Gasteiger partial charge >= 0.3 is 0 Å². The number of rotatable bonds is 5. The summed E-state index contributed by atoms with van der Waals surface area (Å²) < 4.78 is 52.3. The van der Waals surface area contributed by atoms with Crippen molar-refractivity contribution in [1.82, 2.24) is 4.31 Å². The smallest absolute Gasteiger partial charge is 0.212 e. The van der Waals surface area contributed by atoms with E-state index in [1.54, 1.807) is 31.2 Å². The second-order valence-electron chi connectivity index (χ2n) is 5.11. The Labute approximate surface area is 129 Å². The zero-order valence-corrected chi connectivity index (χ0v) is 13.1. The summed E-state index contributed by atoms with van der Waals surface area (Å²) in [5, 5.41) is 0. The highest BCUT2D eigenvalue weighted by Gasteiger charge is 2.25. The van der Waals surface area contributed by atoms with Crippen molar-refractivity contribution < 1.29 is 17.2 Å². The van der Waals surface area contributed by atoms with Crippen LogP contribution in [0.5, 0.6) is 0 Å². The van der Waals surface area contributed by atoms with Crippen molar-refractivity contribution in [2.45, 2.75) is 18.7 Å². The van der Waals surface area contributed by atoms with Crippen LogP contribution >= 0.6 is 0 Å². The molecule has 0 aliphatic heterocycles. The number of benzene rings is 2. The Morgan fingerprint density at radius 2 is 1.68 bits per heavy atom. The van der Waals surface area contributed by atoms with Gasteiger partial charge in [-0.2, -0.15) is 4.31 Å². The Morgan fingerprint density at radius 1 is 1.05 bits per heavy atom. The summed E-state index contributed by atoms with van der Waals surface area (Å²) >= 11 is 0. The lowest BCUT2D eigenvalue weighted by Crippen LogP contribution is -2.31. The molecule has 1 atom stereocenters. The molecule has 0 N–H and O–H groups in total. The van der Waals surface area contributed by atoms with Crippen molar-refractivity contribution in [1.29, 1.82) is 0 Å². The fourth-order valence-corrected chi connectivity index (χ4v) is 3.53. The molecule has 0 aromatic heterocycles. The monoisotopic (exact) mass is 325 g/mol. The highest BCUT2D eigenvalue weighted by atomic mass is 32.2. The average Bonchev–Trinajstić information content (AvgIpc) is 2.49. The van der Waals surface area contributed by atoms with Crippen LogP contribution in [-0.4, -0.2) is 19.8 Å². The molecular weight excluding hydrogens is 308 g/mol. The number of hydrogen-bond acceptors (Lipinski definition) is 2. The average molecular weight is 325 g/mol. The molecule has 118 valence electrons. The molecular formula is C16H17F2NO2S. The first-order valence-corrected chi connectivity index (χ1v) is 8.37. The molecule has 1 unspecified atom stereocenters. The second kappa shape index (κ2) is 6.54. The molecule has 0 spiro atoms. The summed E-state index contributed by atoms with van der Waals surface area (Å²) in [4.78, 5) is 0. The Hall–Kier alpha value is -1.79. The van der Waals surface area contributed by atoms with Gasteiger partial charge < -0.3 is 0 Å². The SMILES string of the molecule is CC(c1ccc(F)c(F)c1)N(C)S(=O)(=O)Cc1ccccc1. The molecule has 2 aromatic rings. The summed E-state index contributed by atoms with van der Waals surface area (Å²) in [6.07, 6.45) is 0. The molecule has 6 heteroatoms. The third-order valence-corrected chi connectivity index (χ3v) is 5.49. The van der Waals surface area contributed by atoms with Crippen molar-refractivity contribution >= 4 is 10.0 Å². The number of nitrogens with zero attached hydrogens (tertiary/aromatic N) is 1. The number of hydrogen-bond donors (Lipinski definition) is 0. The Bertz CT molecular complexity index is 748. The van der Waals surface area contributed by atoms with Gasteiger partial charge in [0, 0.05) is 13.1 Å². The summed E-state index contributed by atoms with van der Waals surface area (Å²) in [6.45, 7) is 1.63. The van der Waals surface area contributed by atoms with Crippen LogP contribution in [0.1, 0.15) is 24.1 Å². The van der Waals surface area contributed by atoms with E-state index in [2.05, 4.69) is 0 Å². The van der Waals surface area contributed by atoms with Crippen LogP contribution in [0.3, 0.4) is 0 Å². The van der Waals surface area contributed by atoms with Crippen LogP contribution in [0.4, 0.5) is 8.78 Å². The van der Waals surface area contributed by atoms with Crippen LogP contribution in [0, 0.1) is 11.6 Å². The number of halogens is 2. The molecule has 0 saturated carbocycles. The highest BCUT2D eigenvalue weighted by Crippen LogP contribution is 2.24. The first-order chi connectivity index (χ1) is 10.3. The van der Waals surface area contributed by atoms with Gasteiger partial charge in [0.1, 0.15) is 0 Å². The summed E-state index contributed by atoms with van der Waals surface area (Å²) in [7, 11) is -2.13. The van der Waals surface area contributed by atoms with E-state index in [0.29, 0.717) is 11.1 Å². The standard InChI is InChI=1S/C16H17F2NO2S/c1-12(14-8-9-15(17)16(18)10-14)19(2)22(20,21)11-13-6-4-3-5-7-13/h3-10,12H,11H2,1-2H3. The minimum atomic E-state index is -3.57. The van der Waals surface area contributed by atoms with Crippen molar-refractivity contribution in [3.63, 3.8) is 0 Å². The van der Waals surface area contributed by atoms with Gasteiger partial charge in [-0.15, -0.1) is 0 Å². The molecule has 22 heavy (non-hydrogen) atoms. The molecule has 0 saturated heterocycles. The Kier molecular flexibility index (Phi) is 4.93. The maximum absolute atomic E-state index is 13.3. The van der Waals surface area contributed by atoms with Crippen molar-refractivity contribution in [2.24, 2.45) is 0 Å². The van der Waals surface area contributed by atoms with Gasteiger partial charge in [-0.3, -0.25) is 0 Å². The third kappa shape index (κ3) is 3.69. The normalized spacial score (nSPS) is 13.3. The molecule has 0 aliphatic carbocycles. The third-order valence-electron chi connectivity index (χ3n) is 3.60. The van der Waals surface area contributed by atoms with E-state index in [1.165, 1.54) is 17.4 Å². The van der Waals surface area contributed by atoms with E-state index in [0.717, 1.165) is 12.1 Å². The topological polar surface area (TPSA) is 37.4 Å². The molecule has 0 heterocycles. The lowest BCUT2D eigenvalue weighted by Gasteiger charge is -2.24. The Morgan fingerprint density at radius 3 is 2.27 bits per heavy atom. The van der Waals surface area contributed by atoms with E-state index in [1.807, 2.05) is 6.07 Å². The second-order valence-corrected chi connectivity index (χ2v) is 7.14. The Balaban J connectivity index is 2.21. The minimum Gasteiger partial charge on any atom is -0.212 e. The lowest BCUT2D eigenvalue weighted by molar-refractivity contribution is 0.395. The van der Waals surface area contributed by atoms with Gasteiger partial charge in [0.05, 0.1) is 5.75 Å². The molecule has 0 amide bonds. The van der Waals surface area contributed by atoms with Crippen LogP contribution in [0.2, 0.25) is 0 Å². The van der Waals surface area contributed by atoms with Gasteiger partial charge in [-0.25, -0.2) is 17.2 Å². The molecule has 3 nitrogen and oxygen atoms in total. The minimum absolute atomic E-state index is 0.141. The summed E-state index contributed by atoms with van der Waals surface area (Å²) in [6, 6.07) is 11.6. The van der Waals surface area contributed by atoms with Crippen LogP contribution in [-0.2, 0) is 15.8 Å². The predicted octanol–water partition coefficient (Wildman–Crippen LogP) is 3.49. The van der Waals surface area contributed by atoms with E-state index in [4.69, 9.17) is 0 Å². The summed E-state index contributed by atoms with van der Waals surface area (Å²) in [5.41, 5.74) is 1.07. The van der Waals surface area contributed by atoms with Crippen molar-refractivity contribution in [3.8, 4) is 0 Å². The van der Waals surface area contributed by atoms with Crippen LogP contribution in [0.15, 0.2) is 48.5 Å². The molecule has 0 fully saturated rings.